The molecule has 4 aliphatic carbocycles. The number of allylic oxidation sites excluding steroid dienone is 1. The van der Waals surface area contributed by atoms with Crippen molar-refractivity contribution in [2.75, 3.05) is 5.75 Å². The number of hydrogen-bond acceptors (Lipinski definition) is 7. The molecule has 0 amide bonds. The fraction of sp³-hybridized carbons (Fsp3) is 0.457. The third-order valence-corrected chi connectivity index (χ3v) is 13.9. The summed E-state index contributed by atoms with van der Waals surface area (Å²) in [5, 5.41) is 28.8. The van der Waals surface area contributed by atoms with Crippen LogP contribution in [-0.4, -0.2) is 48.2 Å². The van der Waals surface area contributed by atoms with Crippen molar-refractivity contribution in [2.45, 2.75) is 68.4 Å². The number of halogens is 1. The Bertz CT molecular complexity index is 1780. The van der Waals surface area contributed by atoms with E-state index < -0.39 is 17.1 Å². The fourth-order valence-electron chi connectivity index (χ4n) is 9.60. The molecule has 2 aromatic heterocycles. The molecule has 3 saturated carbocycles. The second-order valence-electron chi connectivity index (χ2n) is 13.8. The fourth-order valence-corrected chi connectivity index (χ4v) is 11.6. The number of aliphatic hydroxyl groups excluding tert-OH is 1. The van der Waals surface area contributed by atoms with Crippen LogP contribution in [-0.2, 0) is 11.2 Å². The molecule has 6 nitrogen and oxygen atoms in total. The maximum absolute atomic E-state index is 13.8. The lowest BCUT2D eigenvalue weighted by Gasteiger charge is -2.60. The van der Waals surface area contributed by atoms with Crippen LogP contribution in [0.3, 0.4) is 0 Å². The number of thiazole rings is 1. The molecule has 2 aromatic carbocycles. The molecule has 0 spiro atoms. The highest BCUT2D eigenvalue weighted by molar-refractivity contribution is 8.01. The molecular weight excluding hydrogens is 594 g/mol. The summed E-state index contributed by atoms with van der Waals surface area (Å²) in [7, 11) is 0. The van der Waals surface area contributed by atoms with Gasteiger partial charge in [0.05, 0.1) is 39.7 Å². The van der Waals surface area contributed by atoms with E-state index in [1.54, 1.807) is 23.5 Å². The number of benzene rings is 2. The van der Waals surface area contributed by atoms with Crippen molar-refractivity contribution in [3.8, 4) is 5.69 Å². The first-order valence-electron chi connectivity index (χ1n) is 15.6. The first-order chi connectivity index (χ1) is 21.1. The van der Waals surface area contributed by atoms with Gasteiger partial charge in [0.15, 0.2) is 10.1 Å². The molecule has 0 saturated heterocycles. The molecule has 3 fully saturated rings. The van der Waals surface area contributed by atoms with Crippen LogP contribution in [0.2, 0.25) is 0 Å². The van der Waals surface area contributed by atoms with Crippen molar-refractivity contribution in [3.63, 3.8) is 0 Å². The summed E-state index contributed by atoms with van der Waals surface area (Å²) in [5.41, 5.74) is 2.87. The Morgan fingerprint density at radius 1 is 1.16 bits per heavy atom. The number of carbonyl (C=O) groups excluding carboxylic acids is 1. The molecule has 0 aliphatic heterocycles. The average Bonchev–Trinajstić information content (AvgIpc) is 3.68. The van der Waals surface area contributed by atoms with Crippen molar-refractivity contribution in [3.05, 3.63) is 77.4 Å². The van der Waals surface area contributed by atoms with E-state index in [1.807, 2.05) is 35.1 Å². The predicted molar refractivity (Wildman–Crippen MR) is 171 cm³/mol. The molecule has 0 bridgehead atoms. The zero-order chi connectivity index (χ0) is 30.4. The van der Waals surface area contributed by atoms with E-state index >= 15 is 0 Å². The van der Waals surface area contributed by atoms with Crippen LogP contribution in [0.15, 0.2) is 64.6 Å². The second kappa shape index (κ2) is 10.1. The van der Waals surface area contributed by atoms with E-state index in [-0.39, 0.29) is 40.5 Å². The van der Waals surface area contributed by atoms with Gasteiger partial charge in [-0.2, -0.15) is 5.10 Å². The minimum atomic E-state index is -1.46. The Morgan fingerprint density at radius 3 is 2.75 bits per heavy atom. The zero-order valence-electron chi connectivity index (χ0n) is 24.9. The molecule has 228 valence electrons. The van der Waals surface area contributed by atoms with Crippen LogP contribution in [0.5, 0.6) is 0 Å². The number of nitrogens with zero attached hydrogens (tertiary/aromatic N) is 3. The van der Waals surface area contributed by atoms with Gasteiger partial charge < -0.3 is 10.2 Å². The molecule has 9 heteroatoms. The number of rotatable bonds is 5. The Labute approximate surface area is 264 Å². The van der Waals surface area contributed by atoms with Gasteiger partial charge in [-0.25, -0.2) is 14.1 Å². The number of aliphatic hydroxyl groups is 2. The van der Waals surface area contributed by atoms with Gasteiger partial charge in [-0.05, 0) is 110 Å². The van der Waals surface area contributed by atoms with Crippen LogP contribution >= 0.6 is 23.1 Å². The van der Waals surface area contributed by atoms with Gasteiger partial charge in [-0.15, -0.1) is 11.3 Å². The van der Waals surface area contributed by atoms with E-state index in [2.05, 4.69) is 30.0 Å². The van der Waals surface area contributed by atoms with Gasteiger partial charge in [-0.1, -0.05) is 43.3 Å². The van der Waals surface area contributed by atoms with Gasteiger partial charge in [0.25, 0.3) is 0 Å². The van der Waals surface area contributed by atoms with Gasteiger partial charge in [-0.3, -0.25) is 4.79 Å². The van der Waals surface area contributed by atoms with Crippen molar-refractivity contribution in [1.82, 2.24) is 14.8 Å². The highest BCUT2D eigenvalue weighted by atomic mass is 32.2. The number of ketones is 1. The summed E-state index contributed by atoms with van der Waals surface area (Å²) in [6, 6.07) is 14.4. The quantitative estimate of drug-likeness (QED) is 0.235. The molecular formula is C35H36FN3O3S2. The predicted octanol–water partition coefficient (Wildman–Crippen LogP) is 6.87. The van der Waals surface area contributed by atoms with Crippen molar-refractivity contribution >= 4 is 45.2 Å². The molecule has 0 radical (unpaired) electrons. The molecule has 8 rings (SSSR count). The number of hydrogen-bond donors (Lipinski definition) is 2. The number of fused-ring (bicyclic) bond motifs is 7. The zero-order valence-corrected chi connectivity index (χ0v) is 26.5. The molecule has 2 N–H and O–H groups in total. The third-order valence-electron chi connectivity index (χ3n) is 11.7. The van der Waals surface area contributed by atoms with Gasteiger partial charge in [0.1, 0.15) is 11.4 Å². The lowest BCUT2D eigenvalue weighted by Crippen LogP contribution is -2.62. The Hall–Kier alpha value is -2.85. The molecule has 6 unspecified atom stereocenters. The standard InChI is InChI=1S/C35H36FN3O3S2/c1-33-16-20-18-37-39(23-10-8-22(36)9-11-23)27(20)15-21(33)7-12-24-25-13-14-35(42,34(25,2)17-28(40)31(24)33)30(41)19-43-32-38-26-5-3-4-6-29(26)44-32/h3-6,8-11,15,18,24-25,28,31,40,42H,7,12-14,16-17,19H2,1-2H3/t24?,25?,28?,31?,33?,34?,35-/m0/s1. The monoisotopic (exact) mass is 629 g/mol. The smallest absolute Gasteiger partial charge is 0.175 e. The maximum Gasteiger partial charge on any atom is 0.175 e. The van der Waals surface area contributed by atoms with Gasteiger partial charge in [0, 0.05) is 5.41 Å². The highest BCUT2D eigenvalue weighted by Crippen LogP contribution is 2.67. The summed E-state index contributed by atoms with van der Waals surface area (Å²) in [4.78, 5) is 18.5. The normalized spacial score (nSPS) is 34.2. The molecule has 2 heterocycles. The first-order valence-corrected chi connectivity index (χ1v) is 17.4. The van der Waals surface area contributed by atoms with E-state index in [4.69, 9.17) is 0 Å². The van der Waals surface area contributed by atoms with Gasteiger partial charge >= 0.3 is 0 Å². The summed E-state index contributed by atoms with van der Waals surface area (Å²) in [6.45, 7) is 4.35. The summed E-state index contributed by atoms with van der Waals surface area (Å²) in [5.74, 6) is 0.184. The Kier molecular flexibility index (Phi) is 6.55. The van der Waals surface area contributed by atoms with Crippen LogP contribution < -0.4 is 0 Å². The number of thioether (sulfide) groups is 1. The Morgan fingerprint density at radius 2 is 1.95 bits per heavy atom. The van der Waals surface area contributed by atoms with Crippen LogP contribution in [0.25, 0.3) is 22.0 Å². The molecule has 4 aliphatic rings. The summed E-state index contributed by atoms with van der Waals surface area (Å²) < 4.78 is 17.4. The second-order valence-corrected chi connectivity index (χ2v) is 16.0. The van der Waals surface area contributed by atoms with Crippen molar-refractivity contribution in [2.24, 2.45) is 28.6 Å². The molecule has 7 atom stereocenters. The van der Waals surface area contributed by atoms with E-state index in [1.165, 1.54) is 29.5 Å². The third kappa shape index (κ3) is 4.08. The van der Waals surface area contributed by atoms with Crippen LogP contribution in [0, 0.1) is 34.4 Å². The summed E-state index contributed by atoms with van der Waals surface area (Å²) >= 11 is 2.99. The van der Waals surface area contributed by atoms with Crippen molar-refractivity contribution < 1.29 is 19.4 Å². The molecule has 44 heavy (non-hydrogen) atoms. The van der Waals surface area contributed by atoms with Gasteiger partial charge in [0.2, 0.25) is 0 Å². The van der Waals surface area contributed by atoms with Crippen molar-refractivity contribution in [1.29, 1.82) is 0 Å². The number of para-hydroxylation sites is 1. The first kappa shape index (κ1) is 28.6. The number of carbonyl (C=O) groups is 1. The minimum Gasteiger partial charge on any atom is -0.393 e. The van der Waals surface area contributed by atoms with E-state index in [0.717, 1.165) is 57.2 Å². The van der Waals surface area contributed by atoms with E-state index in [9.17, 15) is 19.4 Å². The number of Topliss-reactive ketones (excluding diaryl/α,β-unsaturated/α-hetero) is 1. The number of aromatic nitrogens is 3. The average molecular weight is 630 g/mol. The lowest BCUT2D eigenvalue weighted by atomic mass is 9.45. The topological polar surface area (TPSA) is 88.2 Å². The van der Waals surface area contributed by atoms with E-state index in [0.29, 0.717) is 12.8 Å². The highest BCUT2D eigenvalue weighted by Gasteiger charge is 2.68. The maximum atomic E-state index is 13.8. The lowest BCUT2D eigenvalue weighted by molar-refractivity contribution is -0.177. The largest absolute Gasteiger partial charge is 0.393 e. The summed E-state index contributed by atoms with van der Waals surface area (Å²) in [6.07, 6.45) is 7.79. The van der Waals surface area contributed by atoms with Crippen LogP contribution in [0.1, 0.15) is 57.2 Å². The SMILES string of the molecule is CC12Cc3cnn(-c4ccc(F)cc4)c3C=C1CCC1C2C(O)CC2(C)C1CC[C@]2(O)C(=O)CSc1nc2ccccc2s1. The Balaban J connectivity index is 1.05. The minimum absolute atomic E-state index is 0.0393. The van der Waals surface area contributed by atoms with Crippen LogP contribution in [0.4, 0.5) is 4.39 Å². The molecule has 4 aromatic rings.